The Morgan fingerprint density at radius 3 is 2.49 bits per heavy atom. The molecular formula is C46H61N5OS. The summed E-state index contributed by atoms with van der Waals surface area (Å²) in [5.41, 5.74) is 29.6. The molecule has 1 aromatic rings. The third-order valence-corrected chi connectivity index (χ3v) is 11.7. The Labute approximate surface area is 323 Å². The molecule has 53 heavy (non-hydrogen) atoms. The van der Waals surface area contributed by atoms with Crippen LogP contribution in [0.15, 0.2) is 130 Å². The maximum absolute atomic E-state index is 11.9. The third kappa shape index (κ3) is 11.2. The number of aryl methyl sites for hydroxylation is 1. The van der Waals surface area contributed by atoms with Gasteiger partial charge in [0, 0.05) is 46.8 Å². The first kappa shape index (κ1) is 41.2. The van der Waals surface area contributed by atoms with Crippen LogP contribution in [-0.4, -0.2) is 35.4 Å². The van der Waals surface area contributed by atoms with Crippen molar-refractivity contribution in [3.8, 4) is 0 Å². The van der Waals surface area contributed by atoms with Crippen molar-refractivity contribution in [2.24, 2.45) is 11.7 Å². The van der Waals surface area contributed by atoms with Crippen LogP contribution in [-0.2, 0) is 17.6 Å². The first-order valence-electron chi connectivity index (χ1n) is 19.3. The van der Waals surface area contributed by atoms with Crippen LogP contribution in [0.3, 0.4) is 0 Å². The number of anilines is 1. The number of nitrogens with zero attached hydrogens (tertiary/aromatic N) is 2. The van der Waals surface area contributed by atoms with E-state index in [4.69, 9.17) is 11.5 Å². The van der Waals surface area contributed by atoms with Crippen LogP contribution >= 0.6 is 11.8 Å². The van der Waals surface area contributed by atoms with Gasteiger partial charge in [-0.25, -0.2) is 0 Å². The smallest absolute Gasteiger partial charge is 0.177 e. The predicted octanol–water partition coefficient (Wildman–Crippen LogP) is 10.2. The molecule has 6 nitrogen and oxygen atoms in total. The summed E-state index contributed by atoms with van der Waals surface area (Å²) in [6.45, 7) is 28.2. The lowest BCUT2D eigenvalue weighted by molar-refractivity contribution is -0.115. The fourth-order valence-electron chi connectivity index (χ4n) is 7.16. The van der Waals surface area contributed by atoms with Crippen LogP contribution < -0.4 is 16.8 Å². The Morgan fingerprint density at radius 1 is 1.09 bits per heavy atom. The molecule has 1 fully saturated rings. The quantitative estimate of drug-likeness (QED) is 0.0381. The number of unbranched alkanes of at least 4 members (excludes halogenated alkanes) is 1. The van der Waals surface area contributed by atoms with Gasteiger partial charge in [-0.05, 0) is 97.3 Å². The van der Waals surface area contributed by atoms with Crippen LogP contribution in [0.25, 0.3) is 0 Å². The van der Waals surface area contributed by atoms with Gasteiger partial charge in [0.2, 0.25) is 0 Å². The average Bonchev–Trinajstić information content (AvgIpc) is 3.37. The Morgan fingerprint density at radius 2 is 1.85 bits per heavy atom. The number of allylic oxidation sites excluding steroid dienone is 8. The standard InChI is InChI=1S/C46H61N5OS/c1-9-11-19-38(10-2)25-26-41-29-43(48)42(28-32(3)49-27-18-24-44(52)34(5)47)33(4)46(41)53-37(8)45-35(6)50(30-39-20-14-12-15-21-39)51(36(45)7)31-40-22-16-13-17-23-40/h12-14,16,20,22,29,38,49H,3,5-7,9-11,15,18-19,21,24-28,30-31,47-48H2,1-2,4,8H3/b45-37+. The molecule has 0 bridgehead atoms. The first-order chi connectivity index (χ1) is 25.4. The van der Waals surface area contributed by atoms with Crippen molar-refractivity contribution in [3.63, 3.8) is 0 Å². The molecule has 282 valence electrons. The summed E-state index contributed by atoms with van der Waals surface area (Å²) in [7, 11) is 0. The second kappa shape index (κ2) is 20.1. The van der Waals surface area contributed by atoms with Crippen molar-refractivity contribution in [1.29, 1.82) is 0 Å². The van der Waals surface area contributed by atoms with Crippen LogP contribution in [0.1, 0.15) is 95.2 Å². The van der Waals surface area contributed by atoms with Gasteiger partial charge in [-0.15, -0.1) is 0 Å². The molecule has 1 unspecified atom stereocenters. The molecule has 5 N–H and O–H groups in total. The lowest BCUT2D eigenvalue weighted by Gasteiger charge is -2.32. The molecule has 1 aliphatic heterocycles. The zero-order valence-corrected chi connectivity index (χ0v) is 33.5. The van der Waals surface area contributed by atoms with Gasteiger partial charge in [0.25, 0.3) is 0 Å². The number of nitrogen functional groups attached to an aromatic ring is 1. The van der Waals surface area contributed by atoms with Gasteiger partial charge in [-0.3, -0.25) is 14.8 Å². The van der Waals surface area contributed by atoms with Gasteiger partial charge in [-0.2, -0.15) is 0 Å². The van der Waals surface area contributed by atoms with E-state index in [0.29, 0.717) is 38.3 Å². The highest BCUT2D eigenvalue weighted by Gasteiger charge is 2.34. The predicted molar refractivity (Wildman–Crippen MR) is 227 cm³/mol. The van der Waals surface area contributed by atoms with E-state index in [0.717, 1.165) is 76.6 Å². The largest absolute Gasteiger partial charge is 0.398 e. The molecule has 0 radical (unpaired) electrons. The maximum atomic E-state index is 11.9. The first-order valence-corrected chi connectivity index (χ1v) is 20.1. The number of thioether (sulfide) groups is 1. The molecule has 7 heteroatoms. The number of Topliss-reactive ketones (excluding diaryl/α,β-unsaturated/α-hetero) is 1. The van der Waals surface area contributed by atoms with E-state index >= 15 is 0 Å². The number of carbonyl (C=O) groups excluding carboxylic acids is 1. The zero-order chi connectivity index (χ0) is 38.5. The Kier molecular flexibility index (Phi) is 15.6. The highest BCUT2D eigenvalue weighted by molar-refractivity contribution is 8.03. The number of hydrazine groups is 1. The number of hydrogen-bond donors (Lipinski definition) is 3. The van der Waals surface area contributed by atoms with E-state index in [1.165, 1.54) is 47.3 Å². The summed E-state index contributed by atoms with van der Waals surface area (Å²) in [6, 6.07) is 2.20. The van der Waals surface area contributed by atoms with Crippen LogP contribution in [0, 0.1) is 12.8 Å². The molecule has 2 aliphatic carbocycles. The summed E-state index contributed by atoms with van der Waals surface area (Å²) in [6.07, 6.45) is 23.3. The number of benzene rings is 1. The van der Waals surface area contributed by atoms with Crippen molar-refractivity contribution in [3.05, 3.63) is 141 Å². The molecule has 1 atom stereocenters. The Hall–Kier alpha value is -4.54. The number of rotatable bonds is 21. The monoisotopic (exact) mass is 731 g/mol. The van der Waals surface area contributed by atoms with E-state index in [9.17, 15) is 4.79 Å². The minimum absolute atomic E-state index is 0.107. The number of hydrogen-bond acceptors (Lipinski definition) is 7. The summed E-state index contributed by atoms with van der Waals surface area (Å²) in [5, 5.41) is 7.96. The second-order valence-corrected chi connectivity index (χ2v) is 15.7. The second-order valence-electron chi connectivity index (χ2n) is 14.4. The maximum Gasteiger partial charge on any atom is 0.177 e. The molecule has 1 saturated heterocycles. The Bertz CT molecular complexity index is 1820. The molecule has 0 spiro atoms. The van der Waals surface area contributed by atoms with Crippen molar-refractivity contribution in [1.82, 2.24) is 15.3 Å². The zero-order valence-electron chi connectivity index (χ0n) is 32.7. The van der Waals surface area contributed by atoms with Gasteiger partial charge in [0.15, 0.2) is 5.78 Å². The van der Waals surface area contributed by atoms with Gasteiger partial charge in [0.1, 0.15) is 0 Å². The summed E-state index contributed by atoms with van der Waals surface area (Å²) in [5.74, 6) is 0.575. The molecule has 0 aromatic heterocycles. The number of nitrogens with one attached hydrogen (secondary N) is 1. The van der Waals surface area contributed by atoms with Crippen molar-refractivity contribution in [2.45, 2.75) is 103 Å². The summed E-state index contributed by atoms with van der Waals surface area (Å²) in [4.78, 5) is 14.3. The lowest BCUT2D eigenvalue weighted by atomic mass is 9.90. The summed E-state index contributed by atoms with van der Waals surface area (Å²) < 4.78 is 0. The van der Waals surface area contributed by atoms with Crippen molar-refractivity contribution < 1.29 is 4.79 Å². The van der Waals surface area contributed by atoms with Crippen molar-refractivity contribution >= 4 is 23.2 Å². The highest BCUT2D eigenvalue weighted by Crippen LogP contribution is 2.45. The van der Waals surface area contributed by atoms with E-state index in [1.54, 1.807) is 0 Å². The van der Waals surface area contributed by atoms with Crippen LogP contribution in [0.4, 0.5) is 5.69 Å². The van der Waals surface area contributed by atoms with Crippen LogP contribution in [0.5, 0.6) is 0 Å². The molecule has 3 aliphatic rings. The van der Waals surface area contributed by atoms with E-state index in [1.807, 2.05) is 23.9 Å². The summed E-state index contributed by atoms with van der Waals surface area (Å²) >= 11 is 1.81. The fraction of sp³-hybridized carbons (Fsp3) is 0.413. The van der Waals surface area contributed by atoms with Crippen molar-refractivity contribution in [2.75, 3.05) is 25.4 Å². The van der Waals surface area contributed by atoms with E-state index in [2.05, 4.69) is 111 Å². The van der Waals surface area contributed by atoms with Gasteiger partial charge in [0.05, 0.1) is 30.2 Å². The minimum Gasteiger partial charge on any atom is -0.398 e. The van der Waals surface area contributed by atoms with Gasteiger partial charge < -0.3 is 16.8 Å². The fourth-order valence-corrected chi connectivity index (χ4v) is 8.37. The Balaban J connectivity index is 1.67. The van der Waals surface area contributed by atoms with E-state index < -0.39 is 0 Å². The molecule has 1 aromatic carbocycles. The minimum atomic E-state index is -0.113. The SMILES string of the molecule is C=C(Cc1c(N)cc(CCC(CC)CCCC)c(S/C(C)=C2/C(=C)N(CC3=C=C=CC=C3)N(CC3=CC=CCC3)C2=C)c1C)NCCCC(=O)C(=C)N. The normalized spacial score (nSPS) is 16.6. The topological polar surface area (TPSA) is 87.6 Å². The van der Waals surface area contributed by atoms with Crippen LogP contribution in [0.2, 0.25) is 0 Å². The van der Waals surface area contributed by atoms with Gasteiger partial charge in [-0.1, -0.05) is 113 Å². The molecule has 0 amide bonds. The molecule has 1 heterocycles. The number of carbonyl (C=O) groups is 1. The third-order valence-electron chi connectivity index (χ3n) is 10.4. The number of ketones is 1. The molecule has 0 saturated carbocycles. The lowest BCUT2D eigenvalue weighted by Crippen LogP contribution is -2.37. The average molecular weight is 732 g/mol. The van der Waals surface area contributed by atoms with Gasteiger partial charge >= 0.3 is 0 Å². The number of nitrogens with two attached hydrogens (primary N) is 2. The highest BCUT2D eigenvalue weighted by atomic mass is 32.2. The van der Waals surface area contributed by atoms with E-state index in [-0.39, 0.29) is 11.5 Å². The molecule has 4 rings (SSSR count). The molecular weight excluding hydrogens is 671 g/mol.